The van der Waals surface area contributed by atoms with E-state index < -0.39 is 17.6 Å². The molecule has 1 heterocycles. The molecule has 2 rings (SSSR count). The molecular formula is C17H19F3N4O. The summed E-state index contributed by atoms with van der Waals surface area (Å²) in [6.45, 7) is 2.85. The molecule has 25 heavy (non-hydrogen) atoms. The van der Waals surface area contributed by atoms with Crippen LogP contribution < -0.4 is 10.6 Å². The van der Waals surface area contributed by atoms with Crippen molar-refractivity contribution in [2.45, 2.75) is 32.4 Å². The number of amides is 1. The molecule has 5 nitrogen and oxygen atoms in total. The SMILES string of the molecule is CCCCCNc1cc(C(=O)Nc2ccc(C(F)(F)F)cc2)ncn1. The number of hydrogen-bond donors (Lipinski definition) is 2. The Kier molecular flexibility index (Phi) is 6.32. The second kappa shape index (κ2) is 8.46. The van der Waals surface area contributed by atoms with E-state index in [1.165, 1.54) is 24.5 Å². The summed E-state index contributed by atoms with van der Waals surface area (Å²) in [5.41, 5.74) is -0.381. The normalized spacial score (nSPS) is 11.2. The van der Waals surface area contributed by atoms with Crippen LogP contribution in [0.1, 0.15) is 42.2 Å². The Morgan fingerprint density at radius 3 is 2.48 bits per heavy atom. The highest BCUT2D eigenvalue weighted by atomic mass is 19.4. The van der Waals surface area contributed by atoms with Crippen molar-refractivity contribution in [3.8, 4) is 0 Å². The summed E-state index contributed by atoms with van der Waals surface area (Å²) in [5.74, 6) is 0.0161. The molecule has 0 atom stereocenters. The molecule has 0 spiro atoms. The number of nitrogens with one attached hydrogen (secondary N) is 2. The van der Waals surface area contributed by atoms with Crippen LogP contribution in [0, 0.1) is 0 Å². The van der Waals surface area contributed by atoms with Crippen LogP contribution in [0.15, 0.2) is 36.7 Å². The largest absolute Gasteiger partial charge is 0.416 e. The van der Waals surface area contributed by atoms with Crippen molar-refractivity contribution in [3.05, 3.63) is 47.9 Å². The molecule has 0 saturated heterocycles. The number of benzene rings is 1. The van der Waals surface area contributed by atoms with Gasteiger partial charge in [-0.15, -0.1) is 0 Å². The summed E-state index contributed by atoms with van der Waals surface area (Å²) in [5, 5.41) is 5.62. The van der Waals surface area contributed by atoms with Crippen LogP contribution in [-0.4, -0.2) is 22.4 Å². The molecule has 0 radical (unpaired) electrons. The van der Waals surface area contributed by atoms with Crippen LogP contribution in [0.3, 0.4) is 0 Å². The fraction of sp³-hybridized carbons (Fsp3) is 0.353. The third kappa shape index (κ3) is 5.74. The molecule has 1 aromatic heterocycles. The fourth-order valence-electron chi connectivity index (χ4n) is 2.11. The Bertz CT molecular complexity index is 702. The molecule has 0 saturated carbocycles. The minimum atomic E-state index is -4.41. The van der Waals surface area contributed by atoms with Gasteiger partial charge in [0, 0.05) is 18.3 Å². The topological polar surface area (TPSA) is 66.9 Å². The zero-order valence-corrected chi connectivity index (χ0v) is 13.7. The first kappa shape index (κ1) is 18.7. The second-order valence-electron chi connectivity index (χ2n) is 5.45. The Balaban J connectivity index is 1.98. The van der Waals surface area contributed by atoms with Crippen molar-refractivity contribution < 1.29 is 18.0 Å². The van der Waals surface area contributed by atoms with Crippen molar-refractivity contribution in [3.63, 3.8) is 0 Å². The Morgan fingerprint density at radius 2 is 1.84 bits per heavy atom. The van der Waals surface area contributed by atoms with Crippen molar-refractivity contribution in [1.29, 1.82) is 0 Å². The lowest BCUT2D eigenvalue weighted by molar-refractivity contribution is -0.137. The van der Waals surface area contributed by atoms with Crippen LogP contribution in [-0.2, 0) is 6.18 Å². The van der Waals surface area contributed by atoms with Gasteiger partial charge in [0.1, 0.15) is 17.8 Å². The lowest BCUT2D eigenvalue weighted by Gasteiger charge is -2.09. The first-order valence-electron chi connectivity index (χ1n) is 7.94. The van der Waals surface area contributed by atoms with E-state index in [4.69, 9.17) is 0 Å². The van der Waals surface area contributed by atoms with Gasteiger partial charge in [-0.1, -0.05) is 19.8 Å². The lowest BCUT2D eigenvalue weighted by Crippen LogP contribution is -2.15. The van der Waals surface area contributed by atoms with E-state index in [0.717, 1.165) is 37.9 Å². The number of carbonyl (C=O) groups excluding carboxylic acids is 1. The average molecular weight is 352 g/mol. The smallest absolute Gasteiger partial charge is 0.370 e. The van der Waals surface area contributed by atoms with E-state index in [2.05, 4.69) is 27.5 Å². The van der Waals surface area contributed by atoms with E-state index in [9.17, 15) is 18.0 Å². The van der Waals surface area contributed by atoms with E-state index in [0.29, 0.717) is 5.82 Å². The minimum Gasteiger partial charge on any atom is -0.370 e. The summed E-state index contributed by atoms with van der Waals surface area (Å²) in [7, 11) is 0. The molecule has 0 aliphatic rings. The number of carbonyl (C=O) groups is 1. The third-order valence-electron chi connectivity index (χ3n) is 3.46. The number of aromatic nitrogens is 2. The maximum Gasteiger partial charge on any atom is 0.416 e. The number of rotatable bonds is 7. The minimum absolute atomic E-state index is 0.132. The number of anilines is 2. The molecule has 1 amide bonds. The quantitative estimate of drug-likeness (QED) is 0.727. The van der Waals surface area contributed by atoms with Gasteiger partial charge in [0.2, 0.25) is 0 Å². The number of nitrogens with zero attached hydrogens (tertiary/aromatic N) is 2. The van der Waals surface area contributed by atoms with Crippen LogP contribution in [0.5, 0.6) is 0 Å². The monoisotopic (exact) mass is 352 g/mol. The molecule has 1 aromatic carbocycles. The molecule has 0 fully saturated rings. The molecule has 0 aliphatic heterocycles. The van der Waals surface area contributed by atoms with E-state index in [1.54, 1.807) is 0 Å². The summed E-state index contributed by atoms with van der Waals surface area (Å²) in [6, 6.07) is 5.73. The van der Waals surface area contributed by atoms with Gasteiger partial charge in [-0.25, -0.2) is 9.97 Å². The highest BCUT2D eigenvalue weighted by Crippen LogP contribution is 2.29. The van der Waals surface area contributed by atoms with Crippen molar-refractivity contribution >= 4 is 17.4 Å². The van der Waals surface area contributed by atoms with Crippen LogP contribution in [0.2, 0.25) is 0 Å². The maximum absolute atomic E-state index is 12.5. The van der Waals surface area contributed by atoms with Gasteiger partial charge >= 0.3 is 6.18 Å². The number of halogens is 3. The third-order valence-corrected chi connectivity index (χ3v) is 3.46. The number of unbranched alkanes of at least 4 members (excludes halogenated alkanes) is 2. The van der Waals surface area contributed by atoms with Gasteiger partial charge < -0.3 is 10.6 Å². The van der Waals surface area contributed by atoms with Gasteiger partial charge in [0.25, 0.3) is 5.91 Å². The summed E-state index contributed by atoms with van der Waals surface area (Å²) in [4.78, 5) is 20.1. The lowest BCUT2D eigenvalue weighted by atomic mass is 10.2. The zero-order chi connectivity index (χ0) is 18.3. The Hall–Kier alpha value is -2.64. The molecule has 134 valence electrons. The molecule has 8 heteroatoms. The van der Waals surface area contributed by atoms with Crippen molar-refractivity contribution in [2.24, 2.45) is 0 Å². The summed E-state index contributed by atoms with van der Waals surface area (Å²) < 4.78 is 37.6. The first-order valence-corrected chi connectivity index (χ1v) is 7.94. The van der Waals surface area contributed by atoms with E-state index in [1.807, 2.05) is 0 Å². The molecule has 0 aliphatic carbocycles. The van der Waals surface area contributed by atoms with E-state index >= 15 is 0 Å². The van der Waals surface area contributed by atoms with Gasteiger partial charge in [-0.3, -0.25) is 4.79 Å². The number of alkyl halides is 3. The fourth-order valence-corrected chi connectivity index (χ4v) is 2.11. The van der Waals surface area contributed by atoms with Gasteiger partial charge in [0.05, 0.1) is 5.56 Å². The van der Waals surface area contributed by atoms with Gasteiger partial charge in [-0.2, -0.15) is 13.2 Å². The molecular weight excluding hydrogens is 333 g/mol. The predicted molar refractivity (Wildman–Crippen MR) is 89.4 cm³/mol. The first-order chi connectivity index (χ1) is 11.9. The van der Waals surface area contributed by atoms with Gasteiger partial charge in [-0.05, 0) is 30.7 Å². The highest BCUT2D eigenvalue weighted by molar-refractivity contribution is 6.03. The highest BCUT2D eigenvalue weighted by Gasteiger charge is 2.30. The Morgan fingerprint density at radius 1 is 1.12 bits per heavy atom. The van der Waals surface area contributed by atoms with E-state index in [-0.39, 0.29) is 11.4 Å². The van der Waals surface area contributed by atoms with Gasteiger partial charge in [0.15, 0.2) is 0 Å². The summed E-state index contributed by atoms with van der Waals surface area (Å²) in [6.07, 6.45) is 0.0521. The van der Waals surface area contributed by atoms with Crippen molar-refractivity contribution in [2.75, 3.05) is 17.2 Å². The van der Waals surface area contributed by atoms with Crippen LogP contribution >= 0.6 is 0 Å². The molecule has 2 aromatic rings. The molecule has 2 N–H and O–H groups in total. The molecule has 0 bridgehead atoms. The standard InChI is InChI=1S/C17H19F3N4O/c1-2-3-4-9-21-15-10-14(22-11-23-15)16(25)24-13-7-5-12(6-8-13)17(18,19)20/h5-8,10-11H,2-4,9H2,1H3,(H,24,25)(H,21,22,23). The average Bonchev–Trinajstić information content (AvgIpc) is 2.59. The van der Waals surface area contributed by atoms with Crippen LogP contribution in [0.25, 0.3) is 0 Å². The predicted octanol–water partition coefficient (Wildman–Crippen LogP) is 4.35. The zero-order valence-electron chi connectivity index (χ0n) is 13.7. The summed E-state index contributed by atoms with van der Waals surface area (Å²) >= 11 is 0. The number of hydrogen-bond acceptors (Lipinski definition) is 4. The van der Waals surface area contributed by atoms with Crippen molar-refractivity contribution in [1.82, 2.24) is 9.97 Å². The molecule has 0 unspecified atom stereocenters. The van der Waals surface area contributed by atoms with Crippen LogP contribution in [0.4, 0.5) is 24.7 Å². The maximum atomic E-state index is 12.5. The second-order valence-corrected chi connectivity index (χ2v) is 5.45. The Labute approximate surface area is 143 Å².